The van der Waals surface area contributed by atoms with Crippen molar-refractivity contribution in [1.29, 1.82) is 0 Å². The molecule has 1 heterocycles. The minimum absolute atomic E-state index is 0.126. The highest BCUT2D eigenvalue weighted by Crippen LogP contribution is 2.23. The van der Waals surface area contributed by atoms with Gasteiger partial charge in [-0.2, -0.15) is 0 Å². The van der Waals surface area contributed by atoms with E-state index in [1.807, 2.05) is 23.2 Å². The molecule has 0 aromatic heterocycles. The Morgan fingerprint density at radius 1 is 0.919 bits per heavy atom. The van der Waals surface area contributed by atoms with Gasteiger partial charge in [-0.3, -0.25) is 14.8 Å². The van der Waals surface area contributed by atoms with Gasteiger partial charge in [-0.05, 0) is 60.0 Å². The molecular weight excluding hydrogens is 494 g/mol. The van der Waals surface area contributed by atoms with E-state index in [4.69, 9.17) is 22.1 Å². The molecule has 3 amide bonds. The number of nitrogens with one attached hydrogen (secondary N) is 2. The van der Waals surface area contributed by atoms with Crippen LogP contribution in [0, 0.1) is 0 Å². The molecule has 0 unspecified atom stereocenters. The highest BCUT2D eigenvalue weighted by Gasteiger charge is 2.27. The van der Waals surface area contributed by atoms with Gasteiger partial charge >= 0.3 is 12.0 Å². The number of ether oxygens (including phenoxy) is 1. The lowest BCUT2D eigenvalue weighted by molar-refractivity contribution is -0.129. The van der Waals surface area contributed by atoms with Gasteiger partial charge in [0.15, 0.2) is 0 Å². The maximum Gasteiger partial charge on any atom is 0.338 e. The van der Waals surface area contributed by atoms with Crippen LogP contribution in [0.15, 0.2) is 72.8 Å². The van der Waals surface area contributed by atoms with Crippen LogP contribution in [0.1, 0.15) is 27.9 Å². The van der Waals surface area contributed by atoms with Gasteiger partial charge in [0.1, 0.15) is 13.2 Å². The number of nitrogen functional groups attached to an aromatic ring is 1. The van der Waals surface area contributed by atoms with Crippen molar-refractivity contribution in [2.45, 2.75) is 19.6 Å². The molecule has 9 nitrogen and oxygen atoms in total. The second kappa shape index (κ2) is 12.1. The van der Waals surface area contributed by atoms with Crippen molar-refractivity contribution in [3.05, 3.63) is 94.5 Å². The number of carbonyl (C=O) groups excluding carboxylic acids is 3. The summed E-state index contributed by atoms with van der Waals surface area (Å²) in [5.74, 6) is -0.718. The lowest BCUT2D eigenvalue weighted by Crippen LogP contribution is -2.48. The highest BCUT2D eigenvalue weighted by atomic mass is 35.5. The lowest BCUT2D eigenvalue weighted by atomic mass is 10.2. The van der Waals surface area contributed by atoms with Crippen LogP contribution >= 0.6 is 11.6 Å². The molecule has 1 saturated heterocycles. The Hall–Kier alpha value is -4.24. The van der Waals surface area contributed by atoms with Crippen molar-refractivity contribution in [2.24, 2.45) is 0 Å². The number of rotatable bonds is 8. The molecule has 1 aliphatic heterocycles. The fourth-order valence-corrected chi connectivity index (χ4v) is 4.00. The topological polar surface area (TPSA) is 117 Å². The van der Waals surface area contributed by atoms with E-state index in [0.717, 1.165) is 17.5 Å². The van der Waals surface area contributed by atoms with Crippen molar-refractivity contribution >= 4 is 40.9 Å². The molecule has 10 heteroatoms. The molecule has 0 bridgehead atoms. The standard InChI is InChI=1S/C27H28ClN5O4/c28-22-9-5-20(6-10-22)18-37-26(35)21-3-1-4-24(15-21)32-13-2-14-33(32)25(34)17-31-27(36)30-16-19-7-11-23(29)12-8-19/h1,3-12,15H,2,13-14,16-18,29H2,(H2,30,31,36). The summed E-state index contributed by atoms with van der Waals surface area (Å²) >= 11 is 5.89. The first-order valence-electron chi connectivity index (χ1n) is 11.8. The predicted molar refractivity (Wildman–Crippen MR) is 142 cm³/mol. The normalized spacial score (nSPS) is 12.8. The average Bonchev–Trinajstić information content (AvgIpc) is 3.41. The number of halogens is 1. The summed E-state index contributed by atoms with van der Waals surface area (Å²) in [5, 5.41) is 9.33. The number of hydrazine groups is 1. The van der Waals surface area contributed by atoms with Crippen molar-refractivity contribution in [1.82, 2.24) is 15.6 Å². The number of hydrogen-bond acceptors (Lipinski definition) is 6. The van der Waals surface area contributed by atoms with Gasteiger partial charge in [-0.25, -0.2) is 9.59 Å². The Morgan fingerprint density at radius 3 is 2.41 bits per heavy atom. The van der Waals surface area contributed by atoms with E-state index in [1.165, 1.54) is 0 Å². The first kappa shape index (κ1) is 25.8. The average molecular weight is 522 g/mol. The SMILES string of the molecule is Nc1ccc(CNC(=O)NCC(=O)N2CCCN2c2cccc(C(=O)OCc3ccc(Cl)cc3)c2)cc1. The quantitative estimate of drug-likeness (QED) is 0.307. The van der Waals surface area contributed by atoms with Crippen molar-refractivity contribution in [2.75, 3.05) is 30.4 Å². The molecule has 3 aromatic rings. The molecule has 37 heavy (non-hydrogen) atoms. The summed E-state index contributed by atoms with van der Waals surface area (Å²) in [4.78, 5) is 37.7. The summed E-state index contributed by atoms with van der Waals surface area (Å²) in [6.45, 7) is 1.40. The van der Waals surface area contributed by atoms with E-state index in [1.54, 1.807) is 59.6 Å². The third-order valence-electron chi connectivity index (χ3n) is 5.82. The van der Waals surface area contributed by atoms with Gasteiger partial charge in [0, 0.05) is 30.3 Å². The summed E-state index contributed by atoms with van der Waals surface area (Å²) in [5.41, 5.74) is 9.11. The van der Waals surface area contributed by atoms with Crippen LogP contribution in [0.5, 0.6) is 0 Å². The molecule has 0 saturated carbocycles. The monoisotopic (exact) mass is 521 g/mol. The molecule has 4 rings (SSSR count). The van der Waals surface area contributed by atoms with Crippen LogP contribution in [0.4, 0.5) is 16.2 Å². The van der Waals surface area contributed by atoms with Crippen LogP contribution < -0.4 is 21.4 Å². The minimum Gasteiger partial charge on any atom is -0.457 e. The molecule has 1 fully saturated rings. The Bertz CT molecular complexity index is 1250. The molecule has 4 N–H and O–H groups in total. The van der Waals surface area contributed by atoms with E-state index in [0.29, 0.717) is 41.6 Å². The number of benzene rings is 3. The number of esters is 1. The zero-order chi connectivity index (χ0) is 26.2. The molecule has 0 atom stereocenters. The van der Waals surface area contributed by atoms with Gasteiger partial charge in [0.2, 0.25) is 0 Å². The zero-order valence-corrected chi connectivity index (χ0v) is 20.9. The van der Waals surface area contributed by atoms with E-state index >= 15 is 0 Å². The second-order valence-electron chi connectivity index (χ2n) is 8.52. The molecule has 1 aliphatic rings. The fourth-order valence-electron chi connectivity index (χ4n) is 3.87. The van der Waals surface area contributed by atoms with E-state index in [-0.39, 0.29) is 19.1 Å². The first-order chi connectivity index (χ1) is 17.9. The summed E-state index contributed by atoms with van der Waals surface area (Å²) < 4.78 is 5.43. The summed E-state index contributed by atoms with van der Waals surface area (Å²) in [6.07, 6.45) is 0.764. The van der Waals surface area contributed by atoms with E-state index in [9.17, 15) is 14.4 Å². The van der Waals surface area contributed by atoms with Gasteiger partial charge in [-0.15, -0.1) is 0 Å². The Kier molecular flexibility index (Phi) is 8.48. The van der Waals surface area contributed by atoms with Crippen molar-refractivity contribution in [3.63, 3.8) is 0 Å². The number of hydrogen-bond donors (Lipinski definition) is 3. The molecule has 3 aromatic carbocycles. The maximum absolute atomic E-state index is 12.9. The third-order valence-corrected chi connectivity index (χ3v) is 6.07. The van der Waals surface area contributed by atoms with Crippen LogP contribution in [-0.2, 0) is 22.7 Å². The van der Waals surface area contributed by atoms with Crippen LogP contribution in [0.3, 0.4) is 0 Å². The van der Waals surface area contributed by atoms with Crippen LogP contribution in [-0.4, -0.2) is 42.6 Å². The Balaban J connectivity index is 1.30. The number of nitrogens with two attached hydrogens (primary N) is 1. The van der Waals surface area contributed by atoms with Crippen LogP contribution in [0.2, 0.25) is 5.02 Å². The Labute approximate surface area is 220 Å². The van der Waals surface area contributed by atoms with Gasteiger partial charge < -0.3 is 21.1 Å². The largest absolute Gasteiger partial charge is 0.457 e. The van der Waals surface area contributed by atoms with Gasteiger partial charge in [0.05, 0.1) is 11.3 Å². The van der Waals surface area contributed by atoms with Crippen molar-refractivity contribution < 1.29 is 19.1 Å². The number of amides is 3. The lowest BCUT2D eigenvalue weighted by Gasteiger charge is -2.30. The third kappa shape index (κ3) is 7.14. The molecule has 192 valence electrons. The van der Waals surface area contributed by atoms with E-state index in [2.05, 4.69) is 10.6 Å². The number of urea groups is 1. The Morgan fingerprint density at radius 2 is 1.65 bits per heavy atom. The summed E-state index contributed by atoms with van der Waals surface area (Å²) in [6, 6.07) is 20.7. The minimum atomic E-state index is -0.465. The number of anilines is 2. The molecule has 0 aliphatic carbocycles. The van der Waals surface area contributed by atoms with E-state index < -0.39 is 12.0 Å². The number of nitrogens with zero attached hydrogens (tertiary/aromatic N) is 2. The molecule has 0 spiro atoms. The number of carbonyl (C=O) groups is 3. The predicted octanol–water partition coefficient (Wildman–Crippen LogP) is 3.73. The second-order valence-corrected chi connectivity index (χ2v) is 8.96. The van der Waals surface area contributed by atoms with Crippen LogP contribution in [0.25, 0.3) is 0 Å². The van der Waals surface area contributed by atoms with Gasteiger partial charge in [0.25, 0.3) is 5.91 Å². The van der Waals surface area contributed by atoms with Gasteiger partial charge in [-0.1, -0.05) is 41.9 Å². The van der Waals surface area contributed by atoms with Crippen molar-refractivity contribution in [3.8, 4) is 0 Å². The molecular formula is C27H28ClN5O4. The zero-order valence-electron chi connectivity index (χ0n) is 20.2. The fraction of sp³-hybridized carbons (Fsp3) is 0.222. The smallest absolute Gasteiger partial charge is 0.338 e. The summed E-state index contributed by atoms with van der Waals surface area (Å²) in [7, 11) is 0. The highest BCUT2D eigenvalue weighted by molar-refractivity contribution is 6.30. The molecule has 0 radical (unpaired) electrons. The first-order valence-corrected chi connectivity index (χ1v) is 12.2. The maximum atomic E-state index is 12.9.